The van der Waals surface area contributed by atoms with Crippen LogP contribution in [0.25, 0.3) is 0 Å². The Bertz CT molecular complexity index is 381. The summed E-state index contributed by atoms with van der Waals surface area (Å²) in [6.45, 7) is 9.95. The molecule has 0 aliphatic heterocycles. The highest BCUT2D eigenvalue weighted by Gasteiger charge is 2.14. The van der Waals surface area contributed by atoms with Gasteiger partial charge in [-0.05, 0) is 25.5 Å². The SMILES string of the molecule is C=CCCN(C(=C)C)C(=O)c1ccccc1. The molecule has 0 atom stereocenters. The zero-order chi connectivity index (χ0) is 12.0. The summed E-state index contributed by atoms with van der Waals surface area (Å²) >= 11 is 0. The Morgan fingerprint density at radius 1 is 1.38 bits per heavy atom. The van der Waals surface area contributed by atoms with Crippen LogP contribution in [0.5, 0.6) is 0 Å². The second kappa shape index (κ2) is 5.91. The first-order valence-corrected chi connectivity index (χ1v) is 5.30. The molecular formula is C14H17NO. The predicted octanol–water partition coefficient (Wildman–Crippen LogP) is 3.24. The first-order chi connectivity index (χ1) is 7.66. The molecule has 0 fully saturated rings. The van der Waals surface area contributed by atoms with Crippen LogP contribution in [0.3, 0.4) is 0 Å². The monoisotopic (exact) mass is 215 g/mol. The van der Waals surface area contributed by atoms with Crippen LogP contribution in [0.4, 0.5) is 0 Å². The van der Waals surface area contributed by atoms with E-state index in [4.69, 9.17) is 0 Å². The van der Waals surface area contributed by atoms with Gasteiger partial charge in [0.15, 0.2) is 0 Å². The molecule has 1 aromatic carbocycles. The van der Waals surface area contributed by atoms with E-state index in [2.05, 4.69) is 13.2 Å². The van der Waals surface area contributed by atoms with Crippen LogP contribution in [-0.2, 0) is 0 Å². The quantitative estimate of drug-likeness (QED) is 0.690. The fourth-order valence-electron chi connectivity index (χ4n) is 1.42. The van der Waals surface area contributed by atoms with Crippen molar-refractivity contribution in [3.05, 3.63) is 60.8 Å². The Kier molecular flexibility index (Phi) is 4.52. The molecule has 1 rings (SSSR count). The van der Waals surface area contributed by atoms with E-state index in [-0.39, 0.29) is 5.91 Å². The molecule has 0 heterocycles. The molecule has 0 N–H and O–H groups in total. The number of amides is 1. The van der Waals surface area contributed by atoms with Gasteiger partial charge in [-0.15, -0.1) is 6.58 Å². The van der Waals surface area contributed by atoms with Crippen molar-refractivity contribution in [3.63, 3.8) is 0 Å². The third-order valence-corrected chi connectivity index (χ3v) is 2.28. The summed E-state index contributed by atoms with van der Waals surface area (Å²) in [6.07, 6.45) is 2.57. The van der Waals surface area contributed by atoms with Crippen LogP contribution < -0.4 is 0 Å². The maximum Gasteiger partial charge on any atom is 0.257 e. The average molecular weight is 215 g/mol. The molecule has 0 aliphatic rings. The Morgan fingerprint density at radius 3 is 2.50 bits per heavy atom. The van der Waals surface area contributed by atoms with Gasteiger partial charge in [0.1, 0.15) is 0 Å². The van der Waals surface area contributed by atoms with Gasteiger partial charge in [-0.2, -0.15) is 0 Å². The minimum Gasteiger partial charge on any atom is -0.313 e. The van der Waals surface area contributed by atoms with Crippen LogP contribution in [0, 0.1) is 0 Å². The zero-order valence-electron chi connectivity index (χ0n) is 9.65. The summed E-state index contributed by atoms with van der Waals surface area (Å²) < 4.78 is 0. The van der Waals surface area contributed by atoms with Crippen molar-refractivity contribution in [3.8, 4) is 0 Å². The van der Waals surface area contributed by atoms with Crippen LogP contribution in [-0.4, -0.2) is 17.4 Å². The molecule has 0 saturated carbocycles. The van der Waals surface area contributed by atoms with E-state index < -0.39 is 0 Å². The van der Waals surface area contributed by atoms with E-state index in [9.17, 15) is 4.79 Å². The Morgan fingerprint density at radius 2 is 2.00 bits per heavy atom. The molecular weight excluding hydrogens is 198 g/mol. The van der Waals surface area contributed by atoms with Gasteiger partial charge in [0.25, 0.3) is 5.91 Å². The summed E-state index contributed by atoms with van der Waals surface area (Å²) in [5, 5.41) is 0. The number of benzene rings is 1. The summed E-state index contributed by atoms with van der Waals surface area (Å²) in [6, 6.07) is 9.23. The standard InChI is InChI=1S/C14H17NO/c1-4-5-11-15(12(2)3)14(16)13-9-7-6-8-10-13/h4,6-10H,1-2,5,11H2,3H3. The van der Waals surface area contributed by atoms with Crippen LogP contribution in [0.2, 0.25) is 0 Å². The smallest absolute Gasteiger partial charge is 0.257 e. The normalized spacial score (nSPS) is 9.56. The fraction of sp³-hybridized carbons (Fsp3) is 0.214. The molecule has 2 heteroatoms. The Hall–Kier alpha value is -1.83. The van der Waals surface area contributed by atoms with Crippen molar-refractivity contribution >= 4 is 5.91 Å². The van der Waals surface area contributed by atoms with Gasteiger partial charge in [0.2, 0.25) is 0 Å². The third-order valence-electron chi connectivity index (χ3n) is 2.28. The van der Waals surface area contributed by atoms with Gasteiger partial charge in [-0.25, -0.2) is 0 Å². The van der Waals surface area contributed by atoms with Crippen molar-refractivity contribution in [2.75, 3.05) is 6.54 Å². The molecule has 1 amide bonds. The lowest BCUT2D eigenvalue weighted by molar-refractivity contribution is 0.0809. The van der Waals surface area contributed by atoms with Crippen molar-refractivity contribution in [1.29, 1.82) is 0 Å². The lowest BCUT2D eigenvalue weighted by Crippen LogP contribution is -2.29. The molecule has 0 bridgehead atoms. The summed E-state index contributed by atoms with van der Waals surface area (Å²) in [7, 11) is 0. The van der Waals surface area contributed by atoms with Gasteiger partial charge < -0.3 is 4.90 Å². The lowest BCUT2D eigenvalue weighted by Gasteiger charge is -2.22. The Balaban J connectivity index is 2.83. The van der Waals surface area contributed by atoms with Crippen LogP contribution in [0.1, 0.15) is 23.7 Å². The molecule has 0 spiro atoms. The number of nitrogens with zero attached hydrogens (tertiary/aromatic N) is 1. The highest BCUT2D eigenvalue weighted by molar-refractivity contribution is 5.95. The first-order valence-electron chi connectivity index (χ1n) is 5.30. The largest absolute Gasteiger partial charge is 0.313 e. The highest BCUT2D eigenvalue weighted by Crippen LogP contribution is 2.10. The summed E-state index contributed by atoms with van der Waals surface area (Å²) in [4.78, 5) is 13.8. The fourth-order valence-corrected chi connectivity index (χ4v) is 1.42. The minimum absolute atomic E-state index is 0.00468. The van der Waals surface area contributed by atoms with Crippen LogP contribution >= 0.6 is 0 Å². The molecule has 2 nitrogen and oxygen atoms in total. The van der Waals surface area contributed by atoms with E-state index in [1.807, 2.05) is 37.3 Å². The lowest BCUT2D eigenvalue weighted by atomic mass is 10.2. The van der Waals surface area contributed by atoms with Crippen molar-refractivity contribution in [1.82, 2.24) is 4.90 Å². The van der Waals surface area contributed by atoms with Gasteiger partial charge >= 0.3 is 0 Å². The molecule has 1 aromatic rings. The number of carbonyl (C=O) groups is 1. The van der Waals surface area contributed by atoms with Crippen molar-refractivity contribution in [2.24, 2.45) is 0 Å². The minimum atomic E-state index is -0.00468. The van der Waals surface area contributed by atoms with Gasteiger partial charge in [-0.1, -0.05) is 30.9 Å². The second-order valence-corrected chi connectivity index (χ2v) is 3.64. The molecule has 0 saturated heterocycles. The summed E-state index contributed by atoms with van der Waals surface area (Å²) in [5.41, 5.74) is 1.45. The van der Waals surface area contributed by atoms with E-state index in [1.165, 1.54) is 0 Å². The van der Waals surface area contributed by atoms with Gasteiger partial charge in [0, 0.05) is 17.8 Å². The predicted molar refractivity (Wildman–Crippen MR) is 67.1 cm³/mol. The number of allylic oxidation sites excluding steroid dienone is 1. The summed E-state index contributed by atoms with van der Waals surface area (Å²) in [5.74, 6) is -0.00468. The first kappa shape index (κ1) is 12.2. The average Bonchev–Trinajstić information content (AvgIpc) is 2.30. The topological polar surface area (TPSA) is 20.3 Å². The maximum atomic E-state index is 12.1. The molecule has 0 aliphatic carbocycles. The molecule has 0 unspecified atom stereocenters. The maximum absolute atomic E-state index is 12.1. The third kappa shape index (κ3) is 3.09. The highest BCUT2D eigenvalue weighted by atomic mass is 16.2. The molecule has 0 radical (unpaired) electrons. The van der Waals surface area contributed by atoms with E-state index in [0.717, 1.165) is 12.1 Å². The molecule has 84 valence electrons. The van der Waals surface area contributed by atoms with E-state index in [1.54, 1.807) is 11.0 Å². The number of hydrogen-bond acceptors (Lipinski definition) is 1. The van der Waals surface area contributed by atoms with Crippen LogP contribution in [0.15, 0.2) is 55.3 Å². The van der Waals surface area contributed by atoms with Gasteiger partial charge in [-0.3, -0.25) is 4.79 Å². The molecule has 0 aromatic heterocycles. The number of rotatable bonds is 5. The van der Waals surface area contributed by atoms with Crippen molar-refractivity contribution < 1.29 is 4.79 Å². The van der Waals surface area contributed by atoms with Gasteiger partial charge in [0.05, 0.1) is 0 Å². The zero-order valence-corrected chi connectivity index (χ0v) is 9.65. The number of hydrogen-bond donors (Lipinski definition) is 0. The number of carbonyl (C=O) groups excluding carboxylic acids is 1. The Labute approximate surface area is 96.9 Å². The van der Waals surface area contributed by atoms with E-state index in [0.29, 0.717) is 12.1 Å². The molecule has 16 heavy (non-hydrogen) atoms. The van der Waals surface area contributed by atoms with Crippen molar-refractivity contribution in [2.45, 2.75) is 13.3 Å². The van der Waals surface area contributed by atoms with E-state index >= 15 is 0 Å². The second-order valence-electron chi connectivity index (χ2n) is 3.64.